The summed E-state index contributed by atoms with van der Waals surface area (Å²) in [5, 5.41) is 3.46. The summed E-state index contributed by atoms with van der Waals surface area (Å²) < 4.78 is 6.58. The van der Waals surface area contributed by atoms with Crippen molar-refractivity contribution in [2.45, 2.75) is 65.1 Å². The molecule has 0 radical (unpaired) electrons. The minimum Gasteiger partial charge on any atom is -0.369 e. The number of ether oxygens (including phenoxy) is 1. The van der Waals surface area contributed by atoms with Crippen LogP contribution >= 0.6 is 0 Å². The van der Waals surface area contributed by atoms with Crippen LogP contribution in [0.5, 0.6) is 0 Å². The predicted octanol–water partition coefficient (Wildman–Crippen LogP) is 4.63. The third kappa shape index (κ3) is 4.82. The maximum absolute atomic E-state index is 6.58. The lowest BCUT2D eigenvalue weighted by Gasteiger charge is -2.34. The van der Waals surface area contributed by atoms with Gasteiger partial charge in [0.1, 0.15) is 0 Å². The number of benzene rings is 1. The van der Waals surface area contributed by atoms with Gasteiger partial charge in [0.2, 0.25) is 0 Å². The van der Waals surface area contributed by atoms with Gasteiger partial charge in [-0.3, -0.25) is 0 Å². The van der Waals surface area contributed by atoms with E-state index >= 15 is 0 Å². The first-order valence-electron chi connectivity index (χ1n) is 8.67. The molecule has 0 amide bonds. The molecule has 2 rings (SSSR count). The number of rotatable bonds is 7. The van der Waals surface area contributed by atoms with E-state index < -0.39 is 0 Å². The van der Waals surface area contributed by atoms with Crippen LogP contribution in [0.4, 0.5) is 0 Å². The highest BCUT2D eigenvalue weighted by atomic mass is 16.5. The molecule has 0 aromatic heterocycles. The minimum absolute atomic E-state index is 0.182. The van der Waals surface area contributed by atoms with Crippen molar-refractivity contribution in [2.75, 3.05) is 13.1 Å². The SMILES string of the molecule is CCNCC(OC1CCCCC1CC)c1cccc(C)c1. The fourth-order valence-electron chi connectivity index (χ4n) is 3.42. The normalized spacial score (nSPS) is 24.0. The topological polar surface area (TPSA) is 21.3 Å². The zero-order valence-electron chi connectivity index (χ0n) is 13.9. The molecule has 0 heterocycles. The van der Waals surface area contributed by atoms with Crippen LogP contribution in [0.2, 0.25) is 0 Å². The highest BCUT2D eigenvalue weighted by Crippen LogP contribution is 2.33. The van der Waals surface area contributed by atoms with Crippen molar-refractivity contribution in [3.8, 4) is 0 Å². The third-order valence-electron chi connectivity index (χ3n) is 4.70. The van der Waals surface area contributed by atoms with E-state index in [4.69, 9.17) is 4.74 Å². The van der Waals surface area contributed by atoms with E-state index in [1.165, 1.54) is 43.2 Å². The molecule has 1 fully saturated rings. The maximum atomic E-state index is 6.58. The number of hydrogen-bond acceptors (Lipinski definition) is 2. The van der Waals surface area contributed by atoms with E-state index in [2.05, 4.69) is 50.4 Å². The number of hydrogen-bond donors (Lipinski definition) is 1. The van der Waals surface area contributed by atoms with Crippen LogP contribution in [-0.4, -0.2) is 19.2 Å². The zero-order valence-corrected chi connectivity index (χ0v) is 13.9. The fraction of sp³-hybridized carbons (Fsp3) is 0.684. The Balaban J connectivity index is 2.08. The molecule has 2 nitrogen and oxygen atoms in total. The number of nitrogens with one attached hydrogen (secondary N) is 1. The van der Waals surface area contributed by atoms with Gasteiger partial charge in [-0.25, -0.2) is 0 Å². The van der Waals surface area contributed by atoms with E-state index in [1.807, 2.05) is 0 Å². The average Bonchev–Trinajstić information content (AvgIpc) is 2.51. The van der Waals surface area contributed by atoms with Gasteiger partial charge in [-0.2, -0.15) is 0 Å². The molecule has 0 bridgehead atoms. The summed E-state index contributed by atoms with van der Waals surface area (Å²) in [6.45, 7) is 8.52. The summed E-state index contributed by atoms with van der Waals surface area (Å²) >= 11 is 0. The first-order chi connectivity index (χ1) is 10.2. The highest BCUT2D eigenvalue weighted by molar-refractivity contribution is 5.24. The van der Waals surface area contributed by atoms with Gasteiger partial charge >= 0.3 is 0 Å². The van der Waals surface area contributed by atoms with Crippen LogP contribution in [0.1, 0.15) is 63.2 Å². The molecule has 1 aromatic rings. The molecule has 118 valence electrons. The number of aryl methyl sites for hydroxylation is 1. The molecule has 0 spiro atoms. The Morgan fingerprint density at radius 2 is 2.05 bits per heavy atom. The fourth-order valence-corrected chi connectivity index (χ4v) is 3.42. The second-order valence-corrected chi connectivity index (χ2v) is 6.34. The molecule has 0 aliphatic heterocycles. The molecule has 1 aliphatic carbocycles. The molecule has 3 atom stereocenters. The molecule has 1 aromatic carbocycles. The standard InChI is InChI=1S/C19H31NO/c1-4-16-10-6-7-12-18(16)21-19(14-20-5-2)17-11-8-9-15(3)13-17/h8-9,11,13,16,18-20H,4-7,10,12,14H2,1-3H3. The summed E-state index contributed by atoms with van der Waals surface area (Å²) in [7, 11) is 0. The van der Waals surface area contributed by atoms with Crippen LogP contribution < -0.4 is 5.32 Å². The Morgan fingerprint density at radius 1 is 1.24 bits per heavy atom. The van der Waals surface area contributed by atoms with E-state index in [0.29, 0.717) is 6.10 Å². The van der Waals surface area contributed by atoms with Crippen molar-refractivity contribution < 1.29 is 4.74 Å². The lowest BCUT2D eigenvalue weighted by molar-refractivity contribution is -0.0614. The Bertz CT molecular complexity index is 418. The van der Waals surface area contributed by atoms with E-state index in [0.717, 1.165) is 19.0 Å². The minimum atomic E-state index is 0.182. The smallest absolute Gasteiger partial charge is 0.0953 e. The van der Waals surface area contributed by atoms with Crippen LogP contribution in [0.15, 0.2) is 24.3 Å². The monoisotopic (exact) mass is 289 g/mol. The maximum Gasteiger partial charge on any atom is 0.0953 e. The Morgan fingerprint density at radius 3 is 2.76 bits per heavy atom. The van der Waals surface area contributed by atoms with Gasteiger partial charge in [0, 0.05) is 6.54 Å². The molecule has 0 saturated heterocycles. The Hall–Kier alpha value is -0.860. The highest BCUT2D eigenvalue weighted by Gasteiger charge is 2.27. The zero-order chi connectivity index (χ0) is 15.1. The largest absolute Gasteiger partial charge is 0.369 e. The summed E-state index contributed by atoms with van der Waals surface area (Å²) in [6, 6.07) is 8.78. The van der Waals surface area contributed by atoms with Crippen molar-refractivity contribution in [1.82, 2.24) is 5.32 Å². The Labute approximate surface area is 130 Å². The van der Waals surface area contributed by atoms with Crippen LogP contribution in [-0.2, 0) is 4.74 Å². The van der Waals surface area contributed by atoms with Crippen LogP contribution in [0.3, 0.4) is 0 Å². The molecule has 3 unspecified atom stereocenters. The van der Waals surface area contributed by atoms with Crippen molar-refractivity contribution in [2.24, 2.45) is 5.92 Å². The first kappa shape index (κ1) is 16.5. The second-order valence-electron chi connectivity index (χ2n) is 6.34. The second kappa shape index (κ2) is 8.55. The van der Waals surface area contributed by atoms with Crippen molar-refractivity contribution in [3.63, 3.8) is 0 Å². The average molecular weight is 289 g/mol. The van der Waals surface area contributed by atoms with Crippen molar-refractivity contribution >= 4 is 0 Å². The summed E-state index contributed by atoms with van der Waals surface area (Å²) in [5.74, 6) is 0.743. The molecule has 1 aliphatic rings. The molecule has 1 saturated carbocycles. The summed E-state index contributed by atoms with van der Waals surface area (Å²) in [4.78, 5) is 0. The molecule has 21 heavy (non-hydrogen) atoms. The third-order valence-corrected chi connectivity index (χ3v) is 4.70. The van der Waals surface area contributed by atoms with E-state index in [-0.39, 0.29) is 6.10 Å². The molecular formula is C19H31NO. The van der Waals surface area contributed by atoms with Crippen molar-refractivity contribution in [3.05, 3.63) is 35.4 Å². The van der Waals surface area contributed by atoms with Gasteiger partial charge in [-0.05, 0) is 37.8 Å². The molecular weight excluding hydrogens is 258 g/mol. The van der Waals surface area contributed by atoms with E-state index in [1.54, 1.807) is 0 Å². The molecule has 1 N–H and O–H groups in total. The van der Waals surface area contributed by atoms with Gasteiger partial charge in [0.05, 0.1) is 12.2 Å². The van der Waals surface area contributed by atoms with Gasteiger partial charge in [-0.1, -0.05) is 62.9 Å². The van der Waals surface area contributed by atoms with Crippen LogP contribution in [0.25, 0.3) is 0 Å². The van der Waals surface area contributed by atoms with Gasteiger partial charge in [0.15, 0.2) is 0 Å². The van der Waals surface area contributed by atoms with Gasteiger partial charge in [0.25, 0.3) is 0 Å². The van der Waals surface area contributed by atoms with E-state index in [9.17, 15) is 0 Å². The summed E-state index contributed by atoms with van der Waals surface area (Å²) in [6.07, 6.45) is 7.13. The lowest BCUT2D eigenvalue weighted by Crippen LogP contribution is -2.32. The predicted molar refractivity (Wildman–Crippen MR) is 89.6 cm³/mol. The lowest BCUT2D eigenvalue weighted by atomic mass is 9.84. The van der Waals surface area contributed by atoms with Crippen LogP contribution in [0, 0.1) is 12.8 Å². The van der Waals surface area contributed by atoms with Gasteiger partial charge < -0.3 is 10.1 Å². The Kier molecular flexibility index (Phi) is 6.72. The number of likely N-dealkylation sites (N-methyl/N-ethyl adjacent to an activating group) is 1. The summed E-state index contributed by atoms with van der Waals surface area (Å²) in [5.41, 5.74) is 2.63. The molecule has 2 heteroatoms. The van der Waals surface area contributed by atoms with Crippen molar-refractivity contribution in [1.29, 1.82) is 0 Å². The van der Waals surface area contributed by atoms with Gasteiger partial charge in [-0.15, -0.1) is 0 Å². The first-order valence-corrected chi connectivity index (χ1v) is 8.67. The quantitative estimate of drug-likeness (QED) is 0.790.